The number of benzene rings is 2. The first-order valence-corrected chi connectivity index (χ1v) is 8.72. The topological polar surface area (TPSA) is 87.3 Å². The largest absolute Gasteiger partial charge is 0.493 e. The lowest BCUT2D eigenvalue weighted by molar-refractivity contribution is 0.173. The molecule has 0 spiro atoms. The van der Waals surface area contributed by atoms with Gasteiger partial charge in [0.2, 0.25) is 6.79 Å². The molecule has 0 bridgehead atoms. The third-order valence-electron chi connectivity index (χ3n) is 3.84. The lowest BCUT2D eigenvalue weighted by atomic mass is 10.2. The van der Waals surface area contributed by atoms with E-state index in [9.17, 15) is 0 Å². The van der Waals surface area contributed by atoms with E-state index in [1.54, 1.807) is 14.2 Å². The maximum atomic E-state index is 5.96. The van der Waals surface area contributed by atoms with Gasteiger partial charge in [0, 0.05) is 6.54 Å². The number of nitrogens with zero attached hydrogens (tertiary/aromatic N) is 1. The fourth-order valence-corrected chi connectivity index (χ4v) is 3.13. The SMILES string of the molecule is COc1ccc(CNC(N)=NCc2cc(Br)c3c(c2)OCO3)cc1OC.I. The second-order valence-corrected chi connectivity index (χ2v) is 6.41. The van der Waals surface area contributed by atoms with Gasteiger partial charge in [-0.3, -0.25) is 0 Å². The summed E-state index contributed by atoms with van der Waals surface area (Å²) in [5, 5.41) is 3.09. The first-order chi connectivity index (χ1) is 12.6. The molecular weight excluding hydrogens is 529 g/mol. The lowest BCUT2D eigenvalue weighted by Gasteiger charge is -2.10. The molecule has 0 saturated carbocycles. The predicted octanol–water partition coefficient (Wildman–Crippen LogP) is 3.42. The van der Waals surface area contributed by atoms with Gasteiger partial charge in [-0.25, -0.2) is 4.99 Å². The molecule has 3 N–H and O–H groups in total. The van der Waals surface area contributed by atoms with E-state index in [0.717, 1.165) is 21.3 Å². The van der Waals surface area contributed by atoms with Crippen molar-refractivity contribution in [2.24, 2.45) is 10.7 Å². The van der Waals surface area contributed by atoms with Crippen molar-refractivity contribution in [2.75, 3.05) is 21.0 Å². The monoisotopic (exact) mass is 549 g/mol. The average Bonchev–Trinajstić information content (AvgIpc) is 3.13. The smallest absolute Gasteiger partial charge is 0.231 e. The molecule has 0 saturated heterocycles. The number of aliphatic imine (C=N–C) groups is 1. The summed E-state index contributed by atoms with van der Waals surface area (Å²) in [4.78, 5) is 4.36. The minimum Gasteiger partial charge on any atom is -0.493 e. The van der Waals surface area contributed by atoms with Gasteiger partial charge in [0.05, 0.1) is 25.2 Å². The van der Waals surface area contributed by atoms with Crippen LogP contribution in [0.15, 0.2) is 39.8 Å². The summed E-state index contributed by atoms with van der Waals surface area (Å²) >= 11 is 3.47. The molecule has 0 amide bonds. The van der Waals surface area contributed by atoms with Crippen molar-refractivity contribution in [3.05, 3.63) is 45.9 Å². The van der Waals surface area contributed by atoms with Crippen molar-refractivity contribution >= 4 is 45.9 Å². The summed E-state index contributed by atoms with van der Waals surface area (Å²) in [5.41, 5.74) is 7.94. The molecule has 0 unspecified atom stereocenters. The quantitative estimate of drug-likeness (QED) is 0.326. The number of guanidine groups is 1. The third-order valence-corrected chi connectivity index (χ3v) is 4.43. The second-order valence-electron chi connectivity index (χ2n) is 5.56. The Bertz CT molecular complexity index is 832. The highest BCUT2D eigenvalue weighted by Crippen LogP contribution is 2.40. The second kappa shape index (κ2) is 9.88. The first kappa shape index (κ1) is 21.4. The molecule has 27 heavy (non-hydrogen) atoms. The van der Waals surface area contributed by atoms with Crippen LogP contribution in [0.4, 0.5) is 0 Å². The molecule has 1 heterocycles. The van der Waals surface area contributed by atoms with Crippen LogP contribution in [0.3, 0.4) is 0 Å². The molecule has 0 fully saturated rings. The first-order valence-electron chi connectivity index (χ1n) is 7.93. The summed E-state index contributed by atoms with van der Waals surface area (Å²) in [6.45, 7) is 1.19. The normalized spacial score (nSPS) is 12.3. The van der Waals surface area contributed by atoms with Gasteiger partial charge in [-0.05, 0) is 51.3 Å². The summed E-state index contributed by atoms with van der Waals surface area (Å²) in [7, 11) is 3.21. The Kier molecular flexibility index (Phi) is 7.84. The van der Waals surface area contributed by atoms with Gasteiger partial charge in [0.1, 0.15) is 0 Å². The standard InChI is InChI=1S/C18H20BrN3O4.HI/c1-23-14-4-3-11(6-15(14)24-2)8-21-18(20)22-9-12-5-13(19)17-16(7-12)25-10-26-17;/h3-7H,8-10H2,1-2H3,(H3,20,21,22);1H. The predicted molar refractivity (Wildman–Crippen MR) is 117 cm³/mol. The molecule has 9 heteroatoms. The maximum Gasteiger partial charge on any atom is 0.231 e. The van der Waals surface area contributed by atoms with Gasteiger partial charge in [-0.1, -0.05) is 6.07 Å². The molecule has 2 aromatic rings. The average molecular weight is 550 g/mol. The Labute approximate surface area is 183 Å². The van der Waals surface area contributed by atoms with Crippen molar-refractivity contribution < 1.29 is 18.9 Å². The van der Waals surface area contributed by atoms with E-state index in [-0.39, 0.29) is 30.8 Å². The van der Waals surface area contributed by atoms with E-state index >= 15 is 0 Å². The highest BCUT2D eigenvalue weighted by atomic mass is 127. The fourth-order valence-electron chi connectivity index (χ4n) is 2.53. The number of ether oxygens (including phenoxy) is 4. The highest BCUT2D eigenvalue weighted by Gasteiger charge is 2.17. The third kappa shape index (κ3) is 5.32. The van der Waals surface area contributed by atoms with Crippen molar-refractivity contribution in [3.63, 3.8) is 0 Å². The van der Waals surface area contributed by atoms with Crippen LogP contribution >= 0.6 is 39.9 Å². The van der Waals surface area contributed by atoms with Crippen molar-refractivity contribution in [3.8, 4) is 23.0 Å². The van der Waals surface area contributed by atoms with E-state index in [2.05, 4.69) is 26.2 Å². The summed E-state index contributed by atoms with van der Waals surface area (Å²) < 4.78 is 22.1. The minimum absolute atomic E-state index is 0. The number of methoxy groups -OCH3 is 2. The molecule has 0 radical (unpaired) electrons. The number of rotatable bonds is 6. The Hall–Kier alpha value is -1.88. The van der Waals surface area contributed by atoms with E-state index in [4.69, 9.17) is 24.7 Å². The van der Waals surface area contributed by atoms with Gasteiger partial charge >= 0.3 is 0 Å². The zero-order valence-corrected chi connectivity index (χ0v) is 18.9. The minimum atomic E-state index is 0. The molecular formula is C18H21BrIN3O4. The van der Waals surface area contributed by atoms with Crippen molar-refractivity contribution in [1.29, 1.82) is 0 Å². The molecule has 0 aromatic heterocycles. The van der Waals surface area contributed by atoms with Crippen LogP contribution in [-0.4, -0.2) is 27.0 Å². The van der Waals surface area contributed by atoms with E-state index in [1.165, 1.54) is 0 Å². The van der Waals surface area contributed by atoms with Gasteiger partial charge in [-0.2, -0.15) is 0 Å². The van der Waals surface area contributed by atoms with Crippen LogP contribution in [0.5, 0.6) is 23.0 Å². The molecule has 0 aliphatic carbocycles. The van der Waals surface area contributed by atoms with Gasteiger partial charge in [-0.15, -0.1) is 24.0 Å². The van der Waals surface area contributed by atoms with Gasteiger partial charge in [0.15, 0.2) is 29.0 Å². The van der Waals surface area contributed by atoms with Gasteiger partial charge < -0.3 is 30.0 Å². The van der Waals surface area contributed by atoms with Crippen molar-refractivity contribution in [1.82, 2.24) is 5.32 Å². The number of hydrogen-bond acceptors (Lipinski definition) is 5. The zero-order valence-electron chi connectivity index (χ0n) is 15.0. The Morgan fingerprint density at radius 2 is 1.93 bits per heavy atom. The summed E-state index contributed by atoms with van der Waals surface area (Å²) in [6, 6.07) is 9.54. The van der Waals surface area contributed by atoms with Crippen LogP contribution < -0.4 is 30.0 Å². The lowest BCUT2D eigenvalue weighted by Crippen LogP contribution is -2.31. The van der Waals surface area contributed by atoms with Crippen LogP contribution in [0.25, 0.3) is 0 Å². The van der Waals surface area contributed by atoms with Crippen LogP contribution in [0.1, 0.15) is 11.1 Å². The molecule has 1 aliphatic heterocycles. The Morgan fingerprint density at radius 3 is 2.67 bits per heavy atom. The Morgan fingerprint density at radius 1 is 1.15 bits per heavy atom. The van der Waals surface area contributed by atoms with Crippen LogP contribution in [0.2, 0.25) is 0 Å². The molecule has 146 valence electrons. The fraction of sp³-hybridized carbons (Fsp3) is 0.278. The number of nitrogens with two attached hydrogens (primary N) is 1. The number of fused-ring (bicyclic) bond motifs is 1. The molecule has 1 aliphatic rings. The van der Waals surface area contributed by atoms with E-state index < -0.39 is 0 Å². The zero-order chi connectivity index (χ0) is 18.5. The van der Waals surface area contributed by atoms with Crippen molar-refractivity contribution in [2.45, 2.75) is 13.1 Å². The number of nitrogens with one attached hydrogen (secondary N) is 1. The van der Waals surface area contributed by atoms with E-state index in [0.29, 0.717) is 36.3 Å². The Balaban J connectivity index is 0.00000261. The summed E-state index contributed by atoms with van der Waals surface area (Å²) in [5.74, 6) is 3.14. The number of halogens is 2. The van der Waals surface area contributed by atoms with Gasteiger partial charge in [0.25, 0.3) is 0 Å². The molecule has 2 aromatic carbocycles. The molecule has 7 nitrogen and oxygen atoms in total. The molecule has 3 rings (SSSR count). The number of hydrogen-bond donors (Lipinski definition) is 2. The molecule has 0 atom stereocenters. The highest BCUT2D eigenvalue weighted by molar-refractivity contribution is 14.0. The maximum absolute atomic E-state index is 5.96. The van der Waals surface area contributed by atoms with Crippen LogP contribution in [0, 0.1) is 0 Å². The summed E-state index contributed by atoms with van der Waals surface area (Å²) in [6.07, 6.45) is 0. The van der Waals surface area contributed by atoms with E-state index in [1.807, 2.05) is 30.3 Å². The van der Waals surface area contributed by atoms with Crippen LogP contribution in [-0.2, 0) is 13.1 Å².